The molecule has 5 nitrogen and oxygen atoms in total. The summed E-state index contributed by atoms with van der Waals surface area (Å²) < 4.78 is 0. The Hall–Kier alpha value is -1.88. The summed E-state index contributed by atoms with van der Waals surface area (Å²) >= 11 is 0. The Labute approximate surface area is 106 Å². The fourth-order valence-corrected chi connectivity index (χ4v) is 2.06. The summed E-state index contributed by atoms with van der Waals surface area (Å²) in [4.78, 5) is 24.9. The van der Waals surface area contributed by atoms with Crippen LogP contribution < -0.4 is 11.1 Å². The number of hydrogen-bond donors (Lipinski definition) is 2. The average Bonchev–Trinajstić information content (AvgIpc) is 2.39. The average molecular weight is 247 g/mol. The van der Waals surface area contributed by atoms with E-state index in [1.807, 2.05) is 24.3 Å². The second-order valence-corrected chi connectivity index (χ2v) is 4.31. The highest BCUT2D eigenvalue weighted by Gasteiger charge is 2.21. The minimum atomic E-state index is -0.0956. The molecule has 0 aliphatic carbocycles. The summed E-state index contributed by atoms with van der Waals surface area (Å²) in [6.07, 6.45) is 0.306. The third-order valence-corrected chi connectivity index (χ3v) is 3.07. The van der Waals surface area contributed by atoms with Gasteiger partial charge in [-0.25, -0.2) is 0 Å². The van der Waals surface area contributed by atoms with Crippen LogP contribution in [0.4, 0.5) is 0 Å². The molecule has 2 amide bonds. The van der Waals surface area contributed by atoms with E-state index in [0.29, 0.717) is 26.1 Å². The summed E-state index contributed by atoms with van der Waals surface area (Å²) in [5.41, 5.74) is 7.56. The zero-order valence-corrected chi connectivity index (χ0v) is 10.2. The monoisotopic (exact) mass is 247 g/mol. The topological polar surface area (TPSA) is 75.4 Å². The molecule has 1 aromatic carbocycles. The van der Waals surface area contributed by atoms with Crippen LogP contribution in [0.2, 0.25) is 0 Å². The largest absolute Gasteiger partial charge is 0.353 e. The number of nitrogens with two attached hydrogens (primary N) is 1. The highest BCUT2D eigenvalue weighted by Crippen LogP contribution is 2.10. The normalized spacial score (nSPS) is 15.4. The SMILES string of the molecule is NCc1ccccc1CC(=O)N1CCNC(=O)C1. The maximum Gasteiger partial charge on any atom is 0.239 e. The first-order chi connectivity index (χ1) is 8.70. The van der Waals surface area contributed by atoms with E-state index in [9.17, 15) is 9.59 Å². The van der Waals surface area contributed by atoms with Crippen molar-refractivity contribution in [3.8, 4) is 0 Å². The summed E-state index contributed by atoms with van der Waals surface area (Å²) in [6, 6.07) is 7.63. The Balaban J connectivity index is 2.04. The smallest absolute Gasteiger partial charge is 0.239 e. The number of nitrogens with one attached hydrogen (secondary N) is 1. The van der Waals surface area contributed by atoms with E-state index in [-0.39, 0.29) is 18.4 Å². The number of carbonyl (C=O) groups is 2. The quantitative estimate of drug-likeness (QED) is 0.766. The van der Waals surface area contributed by atoms with E-state index in [1.54, 1.807) is 4.90 Å². The summed E-state index contributed by atoms with van der Waals surface area (Å²) in [6.45, 7) is 1.69. The lowest BCUT2D eigenvalue weighted by atomic mass is 10.0. The molecule has 96 valence electrons. The molecule has 1 heterocycles. The van der Waals surface area contributed by atoms with E-state index in [2.05, 4.69) is 5.32 Å². The maximum absolute atomic E-state index is 12.1. The Morgan fingerprint density at radius 3 is 2.72 bits per heavy atom. The van der Waals surface area contributed by atoms with Crippen molar-refractivity contribution in [2.75, 3.05) is 19.6 Å². The number of amides is 2. The van der Waals surface area contributed by atoms with Crippen LogP contribution >= 0.6 is 0 Å². The van der Waals surface area contributed by atoms with Crippen LogP contribution in [0.15, 0.2) is 24.3 Å². The van der Waals surface area contributed by atoms with Crippen molar-refractivity contribution in [1.29, 1.82) is 0 Å². The van der Waals surface area contributed by atoms with Gasteiger partial charge < -0.3 is 16.0 Å². The minimum absolute atomic E-state index is 0.0225. The van der Waals surface area contributed by atoms with Gasteiger partial charge in [0.05, 0.1) is 13.0 Å². The molecule has 0 unspecified atom stereocenters. The van der Waals surface area contributed by atoms with Crippen LogP contribution in [0.25, 0.3) is 0 Å². The maximum atomic E-state index is 12.1. The molecule has 2 rings (SSSR count). The van der Waals surface area contributed by atoms with Gasteiger partial charge in [-0.1, -0.05) is 24.3 Å². The molecule has 1 saturated heterocycles. The van der Waals surface area contributed by atoms with Crippen molar-refractivity contribution in [2.45, 2.75) is 13.0 Å². The molecule has 1 fully saturated rings. The lowest BCUT2D eigenvalue weighted by Crippen LogP contribution is -2.50. The standard InChI is InChI=1S/C13H17N3O2/c14-8-11-4-2-1-3-10(11)7-13(18)16-6-5-15-12(17)9-16/h1-4H,5-9,14H2,(H,15,17). The number of nitrogens with zero attached hydrogens (tertiary/aromatic N) is 1. The predicted molar refractivity (Wildman–Crippen MR) is 67.6 cm³/mol. The minimum Gasteiger partial charge on any atom is -0.353 e. The Morgan fingerprint density at radius 2 is 2.06 bits per heavy atom. The number of rotatable bonds is 3. The highest BCUT2D eigenvalue weighted by atomic mass is 16.2. The van der Waals surface area contributed by atoms with Crippen LogP contribution in [-0.2, 0) is 22.6 Å². The van der Waals surface area contributed by atoms with Crippen LogP contribution in [0.3, 0.4) is 0 Å². The first-order valence-corrected chi connectivity index (χ1v) is 6.02. The van der Waals surface area contributed by atoms with Gasteiger partial charge in [0.25, 0.3) is 0 Å². The first kappa shape index (κ1) is 12.6. The van der Waals surface area contributed by atoms with E-state index >= 15 is 0 Å². The Morgan fingerprint density at radius 1 is 1.33 bits per heavy atom. The van der Waals surface area contributed by atoms with Gasteiger partial charge >= 0.3 is 0 Å². The molecular formula is C13H17N3O2. The molecular weight excluding hydrogens is 230 g/mol. The molecule has 0 spiro atoms. The molecule has 0 aromatic heterocycles. The Bertz CT molecular complexity index is 459. The molecule has 0 radical (unpaired) electrons. The third kappa shape index (κ3) is 2.87. The van der Waals surface area contributed by atoms with Crippen LogP contribution in [0.5, 0.6) is 0 Å². The Kier molecular flexibility index (Phi) is 3.94. The summed E-state index contributed by atoms with van der Waals surface area (Å²) in [7, 11) is 0. The predicted octanol–water partition coefficient (Wildman–Crippen LogP) is -0.354. The number of piperazine rings is 1. The van der Waals surface area contributed by atoms with E-state index in [1.165, 1.54) is 0 Å². The molecule has 1 aliphatic heterocycles. The third-order valence-electron chi connectivity index (χ3n) is 3.07. The number of carbonyl (C=O) groups excluding carboxylic acids is 2. The van der Waals surface area contributed by atoms with E-state index < -0.39 is 0 Å². The molecule has 0 bridgehead atoms. The second-order valence-electron chi connectivity index (χ2n) is 4.31. The molecule has 1 aliphatic rings. The van der Waals surface area contributed by atoms with E-state index in [0.717, 1.165) is 11.1 Å². The number of hydrogen-bond acceptors (Lipinski definition) is 3. The summed E-state index contributed by atoms with van der Waals surface area (Å²) in [5, 5.41) is 2.70. The van der Waals surface area contributed by atoms with Crippen LogP contribution in [-0.4, -0.2) is 36.3 Å². The van der Waals surface area contributed by atoms with Gasteiger partial charge in [-0.3, -0.25) is 9.59 Å². The molecule has 1 aromatic rings. The van der Waals surface area contributed by atoms with Gasteiger partial charge in [-0.2, -0.15) is 0 Å². The van der Waals surface area contributed by atoms with Crippen molar-refractivity contribution < 1.29 is 9.59 Å². The van der Waals surface area contributed by atoms with Crippen molar-refractivity contribution in [2.24, 2.45) is 5.73 Å². The van der Waals surface area contributed by atoms with E-state index in [4.69, 9.17) is 5.73 Å². The fraction of sp³-hybridized carbons (Fsp3) is 0.385. The molecule has 3 N–H and O–H groups in total. The van der Waals surface area contributed by atoms with Crippen molar-refractivity contribution in [1.82, 2.24) is 10.2 Å². The fourth-order valence-electron chi connectivity index (χ4n) is 2.06. The van der Waals surface area contributed by atoms with Crippen LogP contribution in [0.1, 0.15) is 11.1 Å². The zero-order chi connectivity index (χ0) is 13.0. The molecule has 0 atom stereocenters. The van der Waals surface area contributed by atoms with Crippen molar-refractivity contribution in [3.63, 3.8) is 0 Å². The van der Waals surface area contributed by atoms with Gasteiger partial charge in [0.1, 0.15) is 0 Å². The number of benzene rings is 1. The van der Waals surface area contributed by atoms with Gasteiger partial charge in [-0.15, -0.1) is 0 Å². The summed E-state index contributed by atoms with van der Waals surface area (Å²) in [5.74, 6) is -0.118. The second kappa shape index (κ2) is 5.64. The van der Waals surface area contributed by atoms with Gasteiger partial charge in [0.2, 0.25) is 11.8 Å². The zero-order valence-electron chi connectivity index (χ0n) is 10.2. The molecule has 0 saturated carbocycles. The van der Waals surface area contributed by atoms with Crippen molar-refractivity contribution in [3.05, 3.63) is 35.4 Å². The van der Waals surface area contributed by atoms with Gasteiger partial charge in [-0.05, 0) is 11.1 Å². The van der Waals surface area contributed by atoms with Gasteiger partial charge in [0.15, 0.2) is 0 Å². The first-order valence-electron chi connectivity index (χ1n) is 6.02. The lowest BCUT2D eigenvalue weighted by Gasteiger charge is -2.27. The molecule has 5 heteroatoms. The lowest BCUT2D eigenvalue weighted by molar-refractivity contribution is -0.137. The highest BCUT2D eigenvalue weighted by molar-refractivity contribution is 5.87. The molecule has 18 heavy (non-hydrogen) atoms. The van der Waals surface area contributed by atoms with Crippen molar-refractivity contribution >= 4 is 11.8 Å². The van der Waals surface area contributed by atoms with Gasteiger partial charge in [0, 0.05) is 19.6 Å². The van der Waals surface area contributed by atoms with Crippen LogP contribution in [0, 0.1) is 0 Å².